The van der Waals surface area contributed by atoms with Crippen molar-refractivity contribution in [2.45, 2.75) is 40.0 Å². The summed E-state index contributed by atoms with van der Waals surface area (Å²) in [7, 11) is 0. The van der Waals surface area contributed by atoms with Crippen molar-refractivity contribution >= 4 is 11.9 Å². The molecule has 0 aromatic carbocycles. The van der Waals surface area contributed by atoms with Crippen LogP contribution in [0.1, 0.15) is 40.0 Å². The molecule has 0 radical (unpaired) electrons. The Bertz CT molecular complexity index is 321. The third-order valence-corrected chi connectivity index (χ3v) is 2.39. The van der Waals surface area contributed by atoms with Crippen molar-refractivity contribution in [3.8, 4) is 0 Å². The Morgan fingerprint density at radius 3 is 2.00 bits per heavy atom. The second kappa shape index (κ2) is 7.65. The normalized spacial score (nSPS) is 11.4. The van der Waals surface area contributed by atoms with Crippen LogP contribution in [0.4, 0.5) is 0 Å². The van der Waals surface area contributed by atoms with Crippen molar-refractivity contribution < 1.29 is 19.8 Å². The largest absolute Gasteiger partial charge is 0.481 e. The van der Waals surface area contributed by atoms with Crippen LogP contribution in [-0.2, 0) is 9.59 Å². The Morgan fingerprint density at radius 2 is 1.59 bits per heavy atom. The highest BCUT2D eigenvalue weighted by molar-refractivity contribution is 5.93. The third kappa shape index (κ3) is 7.33. The summed E-state index contributed by atoms with van der Waals surface area (Å²) in [5, 5.41) is 17.4. The fourth-order valence-electron chi connectivity index (χ4n) is 1.32. The molecule has 0 aromatic rings. The van der Waals surface area contributed by atoms with E-state index < -0.39 is 17.9 Å². The van der Waals surface area contributed by atoms with Crippen LogP contribution >= 0.6 is 0 Å². The quantitative estimate of drug-likeness (QED) is 0.530. The van der Waals surface area contributed by atoms with Gasteiger partial charge >= 0.3 is 11.9 Å². The zero-order chi connectivity index (χ0) is 13.4. The van der Waals surface area contributed by atoms with Crippen LogP contribution in [0.25, 0.3) is 0 Å². The fraction of sp³-hybridized carbons (Fsp3) is 0.538. The molecule has 4 heteroatoms. The summed E-state index contributed by atoms with van der Waals surface area (Å²) in [5.41, 5.74) is 2.27. The summed E-state index contributed by atoms with van der Waals surface area (Å²) in [6.45, 7) is 5.92. The maximum atomic E-state index is 10.6. The van der Waals surface area contributed by atoms with Gasteiger partial charge in [-0.25, -0.2) is 0 Å². The first-order valence-electron chi connectivity index (χ1n) is 5.59. The first-order chi connectivity index (χ1) is 7.84. The Morgan fingerprint density at radius 1 is 1.06 bits per heavy atom. The molecule has 0 aliphatic rings. The molecule has 4 nitrogen and oxygen atoms in total. The minimum atomic E-state index is -1.34. The van der Waals surface area contributed by atoms with Crippen LogP contribution in [0.5, 0.6) is 0 Å². The maximum Gasteiger partial charge on any atom is 0.318 e. The number of hydrogen-bond acceptors (Lipinski definition) is 2. The van der Waals surface area contributed by atoms with Gasteiger partial charge in [-0.05, 0) is 40.0 Å². The van der Waals surface area contributed by atoms with E-state index in [0.717, 1.165) is 18.4 Å². The van der Waals surface area contributed by atoms with E-state index in [0.29, 0.717) is 0 Å². The van der Waals surface area contributed by atoms with Crippen LogP contribution in [0.3, 0.4) is 0 Å². The highest BCUT2D eigenvalue weighted by Gasteiger charge is 2.23. The molecule has 0 bridgehead atoms. The minimum Gasteiger partial charge on any atom is -0.481 e. The van der Waals surface area contributed by atoms with Gasteiger partial charge in [0.15, 0.2) is 5.92 Å². The molecule has 0 rings (SSSR count). The maximum absolute atomic E-state index is 10.6. The summed E-state index contributed by atoms with van der Waals surface area (Å²) >= 11 is 0. The first-order valence-corrected chi connectivity index (χ1v) is 5.59. The molecule has 2 N–H and O–H groups in total. The molecule has 0 unspecified atom stereocenters. The lowest BCUT2D eigenvalue weighted by molar-refractivity contribution is -0.154. The monoisotopic (exact) mass is 240 g/mol. The van der Waals surface area contributed by atoms with E-state index in [4.69, 9.17) is 10.2 Å². The Hall–Kier alpha value is -1.58. The van der Waals surface area contributed by atoms with Gasteiger partial charge in [-0.2, -0.15) is 0 Å². The highest BCUT2D eigenvalue weighted by atomic mass is 16.4. The molecule has 0 spiro atoms. The number of hydrogen-bond donors (Lipinski definition) is 2. The van der Waals surface area contributed by atoms with Gasteiger partial charge in [0.25, 0.3) is 0 Å². The molecular weight excluding hydrogens is 220 g/mol. The van der Waals surface area contributed by atoms with Gasteiger partial charge in [0.2, 0.25) is 0 Å². The van der Waals surface area contributed by atoms with Crippen LogP contribution in [-0.4, -0.2) is 22.2 Å². The zero-order valence-corrected chi connectivity index (χ0v) is 10.6. The molecule has 0 aliphatic carbocycles. The molecule has 0 amide bonds. The van der Waals surface area contributed by atoms with E-state index in [2.05, 4.69) is 6.08 Å². The molecular formula is C13H20O4. The number of carboxylic acids is 2. The van der Waals surface area contributed by atoms with Gasteiger partial charge in [0.1, 0.15) is 0 Å². The molecule has 96 valence electrons. The average molecular weight is 240 g/mol. The van der Waals surface area contributed by atoms with Crippen molar-refractivity contribution in [2.75, 3.05) is 0 Å². The van der Waals surface area contributed by atoms with Crippen LogP contribution < -0.4 is 0 Å². The van der Waals surface area contributed by atoms with Crippen molar-refractivity contribution in [2.24, 2.45) is 5.92 Å². The topological polar surface area (TPSA) is 74.6 Å². The number of carbonyl (C=O) groups is 2. The molecule has 0 atom stereocenters. The molecule has 0 saturated heterocycles. The lowest BCUT2D eigenvalue weighted by atomic mass is 10.0. The van der Waals surface area contributed by atoms with Gasteiger partial charge in [0, 0.05) is 0 Å². The van der Waals surface area contributed by atoms with Crippen molar-refractivity contribution in [3.63, 3.8) is 0 Å². The smallest absolute Gasteiger partial charge is 0.318 e. The standard InChI is InChI=1S/C13H20O4/c1-9(2)5-4-6-10(3)7-8-11(12(14)15)13(16)17/h5,7,11H,4,6,8H2,1-3H3,(H,14,15)(H,16,17)/b10-7-. The molecule has 0 aliphatic heterocycles. The number of allylic oxidation sites excluding steroid dienone is 4. The van der Waals surface area contributed by atoms with E-state index in [1.807, 2.05) is 20.8 Å². The molecule has 0 aromatic heterocycles. The molecule has 0 heterocycles. The van der Waals surface area contributed by atoms with Gasteiger partial charge in [-0.3, -0.25) is 9.59 Å². The predicted octanol–water partition coefficient (Wildman–Crippen LogP) is 2.85. The van der Waals surface area contributed by atoms with Crippen molar-refractivity contribution in [1.82, 2.24) is 0 Å². The molecule has 17 heavy (non-hydrogen) atoms. The first kappa shape index (κ1) is 15.4. The third-order valence-electron chi connectivity index (χ3n) is 2.39. The Labute approximate surface area is 102 Å². The summed E-state index contributed by atoms with van der Waals surface area (Å²) in [6, 6.07) is 0. The van der Waals surface area contributed by atoms with Gasteiger partial charge < -0.3 is 10.2 Å². The fourth-order valence-corrected chi connectivity index (χ4v) is 1.32. The Kier molecular flexibility index (Phi) is 6.94. The van der Waals surface area contributed by atoms with Gasteiger partial charge in [-0.1, -0.05) is 23.3 Å². The predicted molar refractivity (Wildman–Crippen MR) is 65.8 cm³/mol. The van der Waals surface area contributed by atoms with Crippen LogP contribution in [0, 0.1) is 5.92 Å². The Balaban J connectivity index is 4.25. The zero-order valence-electron chi connectivity index (χ0n) is 10.6. The van der Waals surface area contributed by atoms with E-state index in [1.54, 1.807) is 6.08 Å². The van der Waals surface area contributed by atoms with E-state index >= 15 is 0 Å². The SMILES string of the molecule is CC(C)=CCC/C(C)=C\CC(C(=O)O)C(=O)O. The number of rotatable bonds is 7. The van der Waals surface area contributed by atoms with Gasteiger partial charge in [0.05, 0.1) is 0 Å². The lowest BCUT2D eigenvalue weighted by Gasteiger charge is -2.04. The molecule has 0 saturated carbocycles. The summed E-state index contributed by atoms with van der Waals surface area (Å²) in [5.74, 6) is -3.91. The summed E-state index contributed by atoms with van der Waals surface area (Å²) in [4.78, 5) is 21.3. The van der Waals surface area contributed by atoms with Crippen molar-refractivity contribution in [1.29, 1.82) is 0 Å². The average Bonchev–Trinajstić information content (AvgIpc) is 2.15. The van der Waals surface area contributed by atoms with E-state index in [-0.39, 0.29) is 6.42 Å². The minimum absolute atomic E-state index is 0.0469. The number of aliphatic carboxylic acids is 2. The second-order valence-corrected chi connectivity index (χ2v) is 4.34. The van der Waals surface area contributed by atoms with Crippen LogP contribution in [0.2, 0.25) is 0 Å². The van der Waals surface area contributed by atoms with Gasteiger partial charge in [-0.15, -0.1) is 0 Å². The summed E-state index contributed by atoms with van der Waals surface area (Å²) in [6.07, 6.45) is 5.58. The van der Waals surface area contributed by atoms with E-state index in [1.165, 1.54) is 5.57 Å². The lowest BCUT2D eigenvalue weighted by Crippen LogP contribution is -2.22. The second-order valence-electron chi connectivity index (χ2n) is 4.34. The number of carboxylic acid groups (broad SMARTS) is 2. The van der Waals surface area contributed by atoms with E-state index in [9.17, 15) is 9.59 Å². The van der Waals surface area contributed by atoms with Crippen molar-refractivity contribution in [3.05, 3.63) is 23.3 Å². The van der Waals surface area contributed by atoms with Crippen LogP contribution in [0.15, 0.2) is 23.3 Å². The summed E-state index contributed by atoms with van der Waals surface area (Å²) < 4.78 is 0. The highest BCUT2D eigenvalue weighted by Crippen LogP contribution is 2.12. The molecule has 0 fully saturated rings.